The number of carboxylic acids is 1. The van der Waals surface area contributed by atoms with E-state index in [1.54, 1.807) is 48.5 Å². The van der Waals surface area contributed by atoms with Gasteiger partial charge in [0.15, 0.2) is 0 Å². The topological polar surface area (TPSA) is 91.9 Å². The molecule has 2 N–H and O–H groups in total. The second-order valence-electron chi connectivity index (χ2n) is 5.15. The van der Waals surface area contributed by atoms with Gasteiger partial charge in [0.1, 0.15) is 11.5 Å². The van der Waals surface area contributed by atoms with Crippen molar-refractivity contribution in [3.63, 3.8) is 0 Å². The molecular formula is C19H14N2O4. The highest BCUT2D eigenvalue weighted by atomic mass is 16.4. The number of furan rings is 1. The molecule has 1 aromatic heterocycles. The summed E-state index contributed by atoms with van der Waals surface area (Å²) in [4.78, 5) is 22.7. The lowest BCUT2D eigenvalue weighted by Gasteiger charge is -1.99. The van der Waals surface area contributed by atoms with Gasteiger partial charge in [-0.2, -0.15) is 5.10 Å². The van der Waals surface area contributed by atoms with E-state index in [-0.39, 0.29) is 11.5 Å². The molecule has 0 bridgehead atoms. The molecule has 6 heteroatoms. The fourth-order valence-electron chi connectivity index (χ4n) is 2.16. The van der Waals surface area contributed by atoms with E-state index in [1.807, 2.05) is 6.07 Å². The van der Waals surface area contributed by atoms with Gasteiger partial charge in [-0.25, -0.2) is 10.2 Å². The van der Waals surface area contributed by atoms with Crippen molar-refractivity contribution in [1.29, 1.82) is 0 Å². The van der Waals surface area contributed by atoms with Crippen LogP contribution in [0.3, 0.4) is 0 Å². The molecule has 3 rings (SSSR count). The summed E-state index contributed by atoms with van der Waals surface area (Å²) in [5.74, 6) is -0.251. The molecule has 1 amide bonds. The number of hydrogen-bond acceptors (Lipinski definition) is 4. The average Bonchev–Trinajstić information content (AvgIpc) is 3.11. The highest BCUT2D eigenvalue weighted by Gasteiger charge is 2.07. The first kappa shape index (κ1) is 16.2. The van der Waals surface area contributed by atoms with Crippen molar-refractivity contribution in [1.82, 2.24) is 5.43 Å². The second-order valence-corrected chi connectivity index (χ2v) is 5.15. The Morgan fingerprint density at radius 2 is 1.64 bits per heavy atom. The number of amides is 1. The summed E-state index contributed by atoms with van der Waals surface area (Å²) in [6.45, 7) is 0. The number of nitrogens with zero attached hydrogens (tertiary/aromatic N) is 1. The van der Waals surface area contributed by atoms with Crippen molar-refractivity contribution in [2.45, 2.75) is 0 Å². The second kappa shape index (κ2) is 7.27. The van der Waals surface area contributed by atoms with Gasteiger partial charge in [0.25, 0.3) is 5.91 Å². The maximum Gasteiger partial charge on any atom is 0.335 e. The summed E-state index contributed by atoms with van der Waals surface area (Å²) in [6, 6.07) is 18.6. The van der Waals surface area contributed by atoms with Crippen LogP contribution in [0.1, 0.15) is 26.5 Å². The molecule has 6 nitrogen and oxygen atoms in total. The van der Waals surface area contributed by atoms with Crippen molar-refractivity contribution in [2.24, 2.45) is 5.10 Å². The van der Waals surface area contributed by atoms with Gasteiger partial charge in [-0.05, 0) is 36.4 Å². The van der Waals surface area contributed by atoms with E-state index in [1.165, 1.54) is 18.3 Å². The number of carbonyl (C=O) groups excluding carboxylic acids is 1. The van der Waals surface area contributed by atoms with Crippen LogP contribution in [0.5, 0.6) is 0 Å². The van der Waals surface area contributed by atoms with Gasteiger partial charge in [-0.3, -0.25) is 4.79 Å². The number of hydrogen-bond donors (Lipinski definition) is 2. The van der Waals surface area contributed by atoms with E-state index in [9.17, 15) is 9.59 Å². The number of benzene rings is 2. The van der Waals surface area contributed by atoms with Crippen molar-refractivity contribution in [3.05, 3.63) is 83.6 Å². The van der Waals surface area contributed by atoms with Gasteiger partial charge in [0, 0.05) is 11.1 Å². The Bertz CT molecular complexity index is 912. The van der Waals surface area contributed by atoms with Crippen molar-refractivity contribution in [2.75, 3.05) is 0 Å². The molecular weight excluding hydrogens is 320 g/mol. The molecule has 0 aliphatic heterocycles. The first-order valence-electron chi connectivity index (χ1n) is 7.45. The van der Waals surface area contributed by atoms with Gasteiger partial charge >= 0.3 is 5.97 Å². The largest absolute Gasteiger partial charge is 0.478 e. The van der Waals surface area contributed by atoms with E-state index >= 15 is 0 Å². The first-order chi connectivity index (χ1) is 12.1. The van der Waals surface area contributed by atoms with Crippen LogP contribution >= 0.6 is 0 Å². The minimum absolute atomic E-state index is 0.209. The van der Waals surface area contributed by atoms with Crippen LogP contribution in [0.15, 0.2) is 76.2 Å². The Kier molecular flexibility index (Phi) is 4.71. The summed E-state index contributed by atoms with van der Waals surface area (Å²) < 4.78 is 5.61. The van der Waals surface area contributed by atoms with Gasteiger partial charge in [-0.1, -0.05) is 30.3 Å². The summed E-state index contributed by atoms with van der Waals surface area (Å²) >= 11 is 0. The number of aromatic carboxylic acids is 1. The average molecular weight is 334 g/mol. The standard InChI is InChI=1S/C19H14N2O4/c22-18(14-4-2-1-3-5-14)21-20-12-16-10-11-17(25-16)13-6-8-15(9-7-13)19(23)24/h1-12H,(H,21,22)(H,23,24)/b20-12-. The molecule has 0 fully saturated rings. The van der Waals surface area contributed by atoms with Crippen LogP contribution in [0, 0.1) is 0 Å². The van der Waals surface area contributed by atoms with Crippen molar-refractivity contribution < 1.29 is 19.1 Å². The van der Waals surface area contributed by atoms with E-state index < -0.39 is 5.97 Å². The van der Waals surface area contributed by atoms with E-state index in [2.05, 4.69) is 10.5 Å². The quantitative estimate of drug-likeness (QED) is 0.552. The van der Waals surface area contributed by atoms with E-state index in [0.717, 1.165) is 5.56 Å². The summed E-state index contributed by atoms with van der Waals surface area (Å²) in [5, 5.41) is 12.8. The van der Waals surface area contributed by atoms with Crippen LogP contribution in [0.2, 0.25) is 0 Å². The molecule has 0 unspecified atom stereocenters. The predicted octanol–water partition coefficient (Wildman–Crippen LogP) is 3.41. The van der Waals surface area contributed by atoms with Crippen LogP contribution in [-0.4, -0.2) is 23.2 Å². The molecule has 1 heterocycles. The lowest BCUT2D eigenvalue weighted by Crippen LogP contribution is -2.17. The Morgan fingerprint density at radius 3 is 2.32 bits per heavy atom. The fourth-order valence-corrected chi connectivity index (χ4v) is 2.16. The van der Waals surface area contributed by atoms with Crippen LogP contribution in [0.4, 0.5) is 0 Å². The van der Waals surface area contributed by atoms with E-state index in [0.29, 0.717) is 17.1 Å². The molecule has 0 aliphatic rings. The smallest absolute Gasteiger partial charge is 0.335 e. The summed E-state index contributed by atoms with van der Waals surface area (Å²) in [7, 11) is 0. The zero-order chi connectivity index (χ0) is 17.6. The maximum absolute atomic E-state index is 11.8. The van der Waals surface area contributed by atoms with Gasteiger partial charge < -0.3 is 9.52 Å². The molecule has 3 aromatic rings. The van der Waals surface area contributed by atoms with Crippen molar-refractivity contribution >= 4 is 18.1 Å². The molecule has 0 saturated carbocycles. The van der Waals surface area contributed by atoms with Gasteiger partial charge in [0.2, 0.25) is 0 Å². The molecule has 0 spiro atoms. The molecule has 0 aliphatic carbocycles. The van der Waals surface area contributed by atoms with Crippen LogP contribution < -0.4 is 5.43 Å². The number of nitrogens with one attached hydrogen (secondary N) is 1. The molecule has 25 heavy (non-hydrogen) atoms. The molecule has 2 aromatic carbocycles. The predicted molar refractivity (Wildman–Crippen MR) is 92.6 cm³/mol. The summed E-state index contributed by atoms with van der Waals surface area (Å²) in [6.07, 6.45) is 1.40. The fraction of sp³-hybridized carbons (Fsp3) is 0. The number of carbonyl (C=O) groups is 2. The Hall–Kier alpha value is -3.67. The number of hydrazone groups is 1. The Balaban J connectivity index is 1.65. The minimum Gasteiger partial charge on any atom is -0.478 e. The lowest BCUT2D eigenvalue weighted by molar-refractivity contribution is 0.0696. The Morgan fingerprint density at radius 1 is 0.920 bits per heavy atom. The maximum atomic E-state index is 11.8. The third-order valence-corrected chi connectivity index (χ3v) is 3.44. The zero-order valence-electron chi connectivity index (χ0n) is 13.0. The molecule has 0 saturated heterocycles. The minimum atomic E-state index is -0.979. The third-order valence-electron chi connectivity index (χ3n) is 3.44. The van der Waals surface area contributed by atoms with Crippen LogP contribution in [-0.2, 0) is 0 Å². The zero-order valence-corrected chi connectivity index (χ0v) is 13.0. The summed E-state index contributed by atoms with van der Waals surface area (Å²) in [5.41, 5.74) is 3.89. The van der Waals surface area contributed by atoms with Crippen LogP contribution in [0.25, 0.3) is 11.3 Å². The number of carboxylic acid groups (broad SMARTS) is 1. The molecule has 0 atom stereocenters. The van der Waals surface area contributed by atoms with E-state index in [4.69, 9.17) is 9.52 Å². The highest BCUT2D eigenvalue weighted by molar-refractivity contribution is 5.94. The normalized spacial score (nSPS) is 10.7. The monoisotopic (exact) mass is 334 g/mol. The highest BCUT2D eigenvalue weighted by Crippen LogP contribution is 2.22. The molecule has 0 radical (unpaired) electrons. The Labute approximate surface area is 143 Å². The van der Waals surface area contributed by atoms with Crippen molar-refractivity contribution in [3.8, 4) is 11.3 Å². The van der Waals surface area contributed by atoms with Gasteiger partial charge in [0.05, 0.1) is 11.8 Å². The van der Waals surface area contributed by atoms with Gasteiger partial charge in [-0.15, -0.1) is 0 Å². The number of rotatable bonds is 5. The lowest BCUT2D eigenvalue weighted by atomic mass is 10.1. The first-order valence-corrected chi connectivity index (χ1v) is 7.45. The third kappa shape index (κ3) is 4.00. The molecule has 124 valence electrons. The SMILES string of the molecule is O=C(O)c1ccc(-c2ccc(/C=N\NC(=O)c3ccccc3)o2)cc1.